The summed E-state index contributed by atoms with van der Waals surface area (Å²) in [5, 5.41) is 25.0. The fourth-order valence-corrected chi connectivity index (χ4v) is 4.42. The third-order valence-electron chi connectivity index (χ3n) is 6.25. The number of carbonyl (C=O) groups excluding carboxylic acids is 2. The van der Waals surface area contributed by atoms with Crippen molar-refractivity contribution in [2.45, 2.75) is 72.6 Å². The first kappa shape index (κ1) is 28.1. The van der Waals surface area contributed by atoms with Gasteiger partial charge in [-0.15, -0.1) is 0 Å². The van der Waals surface area contributed by atoms with E-state index in [1.807, 2.05) is 26.8 Å². The average Bonchev–Trinajstić information content (AvgIpc) is 2.78. The molecule has 1 atom stereocenters. The summed E-state index contributed by atoms with van der Waals surface area (Å²) in [7, 11) is 0. The molecule has 0 fully saturated rings. The first-order valence-electron chi connectivity index (χ1n) is 12.7. The SMILES string of the molecule is CCCC1C/C=C/CC/C(C)=C/C(=N\OCC(=O)N(CC)CC)Cc2cc(O)cc(O)c2C(=O)C1. The quantitative estimate of drug-likeness (QED) is 0.390. The van der Waals surface area contributed by atoms with Gasteiger partial charge in [-0.25, -0.2) is 0 Å². The highest BCUT2D eigenvalue weighted by Gasteiger charge is 2.22. The number of ketones is 1. The molecule has 7 heteroatoms. The fraction of sp³-hybridized carbons (Fsp3) is 0.536. The number of rotatable bonds is 7. The van der Waals surface area contributed by atoms with Gasteiger partial charge in [-0.05, 0) is 70.1 Å². The molecule has 1 aliphatic rings. The van der Waals surface area contributed by atoms with Crippen molar-refractivity contribution in [3.63, 3.8) is 0 Å². The second-order valence-corrected chi connectivity index (χ2v) is 9.12. The second-order valence-electron chi connectivity index (χ2n) is 9.12. The first-order chi connectivity index (χ1) is 16.8. The van der Waals surface area contributed by atoms with Gasteiger partial charge >= 0.3 is 0 Å². The van der Waals surface area contributed by atoms with E-state index in [1.54, 1.807) is 4.90 Å². The minimum atomic E-state index is -0.236. The van der Waals surface area contributed by atoms with Crippen LogP contribution in [0, 0.1) is 5.92 Å². The van der Waals surface area contributed by atoms with E-state index in [9.17, 15) is 19.8 Å². The maximum atomic E-state index is 13.3. The molecule has 1 aromatic rings. The van der Waals surface area contributed by atoms with Crippen molar-refractivity contribution in [2.24, 2.45) is 11.1 Å². The lowest BCUT2D eigenvalue weighted by Gasteiger charge is -2.18. The molecule has 35 heavy (non-hydrogen) atoms. The summed E-state index contributed by atoms with van der Waals surface area (Å²) in [6.07, 6.45) is 11.1. The zero-order chi connectivity index (χ0) is 25.8. The summed E-state index contributed by atoms with van der Waals surface area (Å²) in [5.74, 6) is -0.480. The number of likely N-dealkylation sites (N-methyl/N-ethyl adjacent to an activating group) is 1. The first-order valence-corrected chi connectivity index (χ1v) is 12.7. The lowest BCUT2D eigenvalue weighted by molar-refractivity contribution is -0.135. The zero-order valence-corrected chi connectivity index (χ0v) is 21.5. The molecule has 0 spiro atoms. The lowest BCUT2D eigenvalue weighted by atomic mass is 9.88. The Hall–Kier alpha value is -3.09. The predicted molar refractivity (Wildman–Crippen MR) is 139 cm³/mol. The fourth-order valence-electron chi connectivity index (χ4n) is 4.42. The third-order valence-corrected chi connectivity index (χ3v) is 6.25. The van der Waals surface area contributed by atoms with Gasteiger partial charge in [-0.3, -0.25) is 9.59 Å². The minimum absolute atomic E-state index is 0.124. The third kappa shape index (κ3) is 8.89. The molecular formula is C28H40N2O5. The van der Waals surface area contributed by atoms with Gasteiger partial charge in [0, 0.05) is 32.0 Å². The smallest absolute Gasteiger partial charge is 0.263 e. The molecule has 2 rings (SSSR count). The average molecular weight is 485 g/mol. The molecule has 0 radical (unpaired) electrons. The number of aromatic hydroxyl groups is 2. The van der Waals surface area contributed by atoms with Crippen molar-refractivity contribution in [3.05, 3.63) is 47.1 Å². The number of oxime groups is 1. The van der Waals surface area contributed by atoms with E-state index in [2.05, 4.69) is 24.2 Å². The molecule has 0 bridgehead atoms. The van der Waals surface area contributed by atoms with Crippen LogP contribution in [0.1, 0.15) is 82.1 Å². The molecule has 0 aliphatic heterocycles. The number of phenolic OH excluding ortho intramolecular Hbond substituents is 2. The summed E-state index contributed by atoms with van der Waals surface area (Å²) < 4.78 is 0. The molecule has 0 heterocycles. The molecule has 0 saturated heterocycles. The van der Waals surface area contributed by atoms with Crippen molar-refractivity contribution in [1.29, 1.82) is 0 Å². The van der Waals surface area contributed by atoms with Crippen molar-refractivity contribution in [1.82, 2.24) is 4.90 Å². The molecule has 7 nitrogen and oxygen atoms in total. The van der Waals surface area contributed by atoms with Crippen molar-refractivity contribution >= 4 is 17.4 Å². The Bertz CT molecular complexity index is 960. The number of allylic oxidation sites excluding steroid dienone is 4. The van der Waals surface area contributed by atoms with Crippen LogP contribution >= 0.6 is 0 Å². The van der Waals surface area contributed by atoms with Gasteiger partial charge in [-0.1, -0.05) is 36.2 Å². The Labute approximate surface area is 209 Å². The molecule has 2 N–H and O–H groups in total. The van der Waals surface area contributed by atoms with Crippen LogP contribution in [0.2, 0.25) is 0 Å². The highest BCUT2D eigenvalue weighted by atomic mass is 16.6. The van der Waals surface area contributed by atoms with Gasteiger partial charge in [0.1, 0.15) is 11.5 Å². The molecular weight excluding hydrogens is 444 g/mol. The monoisotopic (exact) mass is 484 g/mol. The van der Waals surface area contributed by atoms with Crippen LogP contribution in [-0.4, -0.2) is 52.2 Å². The number of carbonyl (C=O) groups is 2. The van der Waals surface area contributed by atoms with E-state index in [0.717, 1.165) is 37.7 Å². The topological polar surface area (TPSA) is 99.4 Å². The van der Waals surface area contributed by atoms with Crippen LogP contribution in [0.15, 0.2) is 41.1 Å². The Morgan fingerprint density at radius 3 is 2.60 bits per heavy atom. The predicted octanol–water partition coefficient (Wildman–Crippen LogP) is 5.56. The Morgan fingerprint density at radius 1 is 1.17 bits per heavy atom. The van der Waals surface area contributed by atoms with Crippen LogP contribution in [0.4, 0.5) is 0 Å². The highest BCUT2D eigenvalue weighted by Crippen LogP contribution is 2.31. The second kappa shape index (κ2) is 14.3. The molecule has 192 valence electrons. The van der Waals surface area contributed by atoms with Crippen molar-refractivity contribution in [2.75, 3.05) is 19.7 Å². The van der Waals surface area contributed by atoms with E-state index in [4.69, 9.17) is 4.84 Å². The van der Waals surface area contributed by atoms with Gasteiger partial charge in [0.2, 0.25) is 0 Å². The number of phenols is 2. The number of amides is 1. The van der Waals surface area contributed by atoms with Gasteiger partial charge in [0.25, 0.3) is 5.91 Å². The molecule has 1 aromatic carbocycles. The van der Waals surface area contributed by atoms with Gasteiger partial charge < -0.3 is 20.0 Å². The van der Waals surface area contributed by atoms with Crippen LogP contribution in [0.5, 0.6) is 11.5 Å². The van der Waals surface area contributed by atoms with E-state index in [1.165, 1.54) is 12.1 Å². The van der Waals surface area contributed by atoms with Gasteiger partial charge in [-0.2, -0.15) is 0 Å². The zero-order valence-electron chi connectivity index (χ0n) is 21.5. The summed E-state index contributed by atoms with van der Waals surface area (Å²) in [5.41, 5.74) is 2.28. The van der Waals surface area contributed by atoms with Crippen LogP contribution in [0.25, 0.3) is 0 Å². The maximum absolute atomic E-state index is 13.3. The van der Waals surface area contributed by atoms with Gasteiger partial charge in [0.05, 0.1) is 11.3 Å². The number of hydrogen-bond donors (Lipinski definition) is 2. The van der Waals surface area contributed by atoms with Crippen LogP contribution in [0.3, 0.4) is 0 Å². The highest BCUT2D eigenvalue weighted by molar-refractivity contribution is 6.03. The van der Waals surface area contributed by atoms with E-state index in [0.29, 0.717) is 30.8 Å². The molecule has 1 unspecified atom stereocenters. The summed E-state index contributed by atoms with van der Waals surface area (Å²) in [4.78, 5) is 32.7. The molecule has 0 aromatic heterocycles. The Kier molecular flexibility index (Phi) is 11.5. The Morgan fingerprint density at radius 2 is 1.91 bits per heavy atom. The molecule has 1 aliphatic carbocycles. The molecule has 1 amide bonds. The lowest BCUT2D eigenvalue weighted by Crippen LogP contribution is -2.33. The maximum Gasteiger partial charge on any atom is 0.263 e. The summed E-state index contributed by atoms with van der Waals surface area (Å²) in [6.45, 7) is 8.92. The van der Waals surface area contributed by atoms with Crippen molar-refractivity contribution < 1.29 is 24.6 Å². The number of benzene rings is 1. The number of fused-ring (bicyclic) bond motifs is 1. The molecule has 0 saturated carbocycles. The summed E-state index contributed by atoms with van der Waals surface area (Å²) in [6, 6.07) is 2.69. The van der Waals surface area contributed by atoms with Gasteiger partial charge in [0.15, 0.2) is 12.4 Å². The van der Waals surface area contributed by atoms with Crippen LogP contribution in [-0.2, 0) is 16.1 Å². The van der Waals surface area contributed by atoms with E-state index < -0.39 is 0 Å². The minimum Gasteiger partial charge on any atom is -0.508 e. The standard InChI is InChI=1S/C28H40N2O5/c1-5-11-21-13-10-8-9-12-20(4)14-23(29-35-19-27(34)30(6-2)7-3)16-22-17-24(31)18-26(33)28(22)25(32)15-21/h8,10,14,17-18,21,31,33H,5-7,9,11-13,15-16,19H2,1-4H3/b10-8+,20-14+,29-23+. The largest absolute Gasteiger partial charge is 0.508 e. The van der Waals surface area contributed by atoms with Crippen molar-refractivity contribution in [3.8, 4) is 11.5 Å². The normalized spacial score (nSPS) is 20.9. The number of Topliss-reactive ketones (excluding diaryl/α,β-unsaturated/α-hetero) is 1. The van der Waals surface area contributed by atoms with Crippen LogP contribution < -0.4 is 0 Å². The van der Waals surface area contributed by atoms with E-state index in [-0.39, 0.29) is 47.7 Å². The Balaban J connectivity index is 2.43. The number of hydrogen-bond acceptors (Lipinski definition) is 6. The van der Waals surface area contributed by atoms with E-state index >= 15 is 0 Å². The number of nitrogens with zero attached hydrogens (tertiary/aromatic N) is 2. The summed E-state index contributed by atoms with van der Waals surface area (Å²) >= 11 is 0.